The largest absolute Gasteiger partial charge is 0.365 e. The van der Waals surface area contributed by atoms with Crippen LogP contribution in [0.1, 0.15) is 49.6 Å². The van der Waals surface area contributed by atoms with Crippen LogP contribution in [0.3, 0.4) is 0 Å². The van der Waals surface area contributed by atoms with Gasteiger partial charge in [0.2, 0.25) is 0 Å². The van der Waals surface area contributed by atoms with Crippen LogP contribution in [0.2, 0.25) is 0 Å². The summed E-state index contributed by atoms with van der Waals surface area (Å²) >= 11 is 1.48. The maximum atomic E-state index is 12.4. The molecule has 1 aliphatic carbocycles. The molecule has 1 aromatic carbocycles. The normalized spacial score (nSPS) is 13.5. The summed E-state index contributed by atoms with van der Waals surface area (Å²) in [6.45, 7) is 1.94. The molecule has 114 valence electrons. The third-order valence-electron chi connectivity index (χ3n) is 3.93. The molecule has 22 heavy (non-hydrogen) atoms. The fourth-order valence-electron chi connectivity index (χ4n) is 2.88. The summed E-state index contributed by atoms with van der Waals surface area (Å²) < 4.78 is 0. The van der Waals surface area contributed by atoms with E-state index in [1.807, 2.05) is 25.1 Å². The highest BCUT2D eigenvalue weighted by molar-refractivity contribution is 7.17. The molecule has 3 rings (SSSR count). The van der Waals surface area contributed by atoms with Gasteiger partial charge in [-0.1, -0.05) is 17.7 Å². The van der Waals surface area contributed by atoms with E-state index >= 15 is 0 Å². The Morgan fingerprint density at radius 3 is 2.73 bits per heavy atom. The Morgan fingerprint density at radius 2 is 2.00 bits per heavy atom. The minimum Gasteiger partial charge on any atom is -0.365 e. The lowest BCUT2D eigenvalue weighted by atomic mass is 9.95. The van der Waals surface area contributed by atoms with E-state index in [4.69, 9.17) is 5.73 Å². The smallest absolute Gasteiger partial charge is 0.256 e. The average molecular weight is 314 g/mol. The van der Waals surface area contributed by atoms with Gasteiger partial charge in [-0.25, -0.2) is 0 Å². The maximum absolute atomic E-state index is 12.4. The number of primary amides is 1. The van der Waals surface area contributed by atoms with E-state index in [2.05, 4.69) is 5.32 Å². The third kappa shape index (κ3) is 2.76. The monoisotopic (exact) mass is 314 g/mol. The predicted molar refractivity (Wildman–Crippen MR) is 88.6 cm³/mol. The van der Waals surface area contributed by atoms with Gasteiger partial charge in [0.25, 0.3) is 11.8 Å². The van der Waals surface area contributed by atoms with Crippen LogP contribution in [0, 0.1) is 6.92 Å². The van der Waals surface area contributed by atoms with Gasteiger partial charge in [-0.05, 0) is 50.3 Å². The summed E-state index contributed by atoms with van der Waals surface area (Å²) in [6.07, 6.45) is 4.01. The standard InChI is InChI=1S/C17H18N2O2S/c1-10-5-4-6-11(9-10)16(21)19-17-14(15(18)20)12-7-2-3-8-13(12)22-17/h4-6,9H,2-3,7-8H2,1H3,(H2,18,20)(H,19,21). The number of aryl methyl sites for hydroxylation is 2. The van der Waals surface area contributed by atoms with E-state index in [-0.39, 0.29) is 5.91 Å². The Morgan fingerprint density at radius 1 is 1.23 bits per heavy atom. The molecule has 2 amide bonds. The second kappa shape index (κ2) is 5.93. The number of thiophene rings is 1. The number of hydrogen-bond donors (Lipinski definition) is 2. The summed E-state index contributed by atoms with van der Waals surface area (Å²) in [7, 11) is 0. The van der Waals surface area contributed by atoms with E-state index in [0.29, 0.717) is 16.1 Å². The molecule has 0 fully saturated rings. The molecule has 0 saturated heterocycles. The Balaban J connectivity index is 1.93. The van der Waals surface area contributed by atoms with E-state index in [9.17, 15) is 9.59 Å². The van der Waals surface area contributed by atoms with Crippen molar-refractivity contribution >= 4 is 28.2 Å². The number of nitrogens with one attached hydrogen (secondary N) is 1. The lowest BCUT2D eigenvalue weighted by molar-refractivity contribution is 0.100. The molecule has 0 saturated carbocycles. The maximum Gasteiger partial charge on any atom is 0.256 e. The number of carbonyl (C=O) groups excluding carboxylic acids is 2. The molecule has 4 nitrogen and oxygen atoms in total. The van der Waals surface area contributed by atoms with Gasteiger partial charge in [0.1, 0.15) is 5.00 Å². The first-order chi connectivity index (χ1) is 10.6. The summed E-state index contributed by atoms with van der Waals surface area (Å²) in [5, 5.41) is 3.46. The second-order valence-electron chi connectivity index (χ2n) is 5.60. The van der Waals surface area contributed by atoms with Crippen LogP contribution < -0.4 is 11.1 Å². The molecular formula is C17H18N2O2S. The minimum absolute atomic E-state index is 0.204. The van der Waals surface area contributed by atoms with Crippen LogP contribution in [0.25, 0.3) is 0 Å². The second-order valence-corrected chi connectivity index (χ2v) is 6.71. The van der Waals surface area contributed by atoms with E-state index in [1.54, 1.807) is 6.07 Å². The molecule has 5 heteroatoms. The van der Waals surface area contributed by atoms with Crippen LogP contribution in [0.5, 0.6) is 0 Å². The number of fused-ring (bicyclic) bond motifs is 1. The molecule has 1 aromatic heterocycles. The zero-order valence-corrected chi connectivity index (χ0v) is 13.3. The minimum atomic E-state index is -0.459. The quantitative estimate of drug-likeness (QED) is 0.912. The number of carbonyl (C=O) groups is 2. The van der Waals surface area contributed by atoms with Crippen LogP contribution >= 0.6 is 11.3 Å². The van der Waals surface area contributed by atoms with Gasteiger partial charge in [0, 0.05) is 10.4 Å². The summed E-state index contributed by atoms with van der Waals surface area (Å²) in [4.78, 5) is 25.4. The molecule has 1 aliphatic rings. The highest BCUT2D eigenvalue weighted by atomic mass is 32.1. The van der Waals surface area contributed by atoms with Crippen molar-refractivity contribution in [3.8, 4) is 0 Å². The first-order valence-electron chi connectivity index (χ1n) is 7.38. The number of nitrogens with two attached hydrogens (primary N) is 1. The van der Waals surface area contributed by atoms with E-state index in [0.717, 1.165) is 36.8 Å². The van der Waals surface area contributed by atoms with Gasteiger partial charge in [0.05, 0.1) is 5.56 Å². The highest BCUT2D eigenvalue weighted by Gasteiger charge is 2.25. The Kier molecular flexibility index (Phi) is 3.98. The van der Waals surface area contributed by atoms with Crippen molar-refractivity contribution in [3.05, 3.63) is 51.4 Å². The molecule has 0 unspecified atom stereocenters. The van der Waals surface area contributed by atoms with Gasteiger partial charge in [-0.15, -0.1) is 11.3 Å². The van der Waals surface area contributed by atoms with Crippen LogP contribution in [-0.2, 0) is 12.8 Å². The molecule has 3 N–H and O–H groups in total. The molecule has 0 radical (unpaired) electrons. The average Bonchev–Trinajstić information content (AvgIpc) is 2.85. The zero-order chi connectivity index (χ0) is 15.7. The summed E-state index contributed by atoms with van der Waals surface area (Å²) in [5.74, 6) is -0.663. The fourth-order valence-corrected chi connectivity index (χ4v) is 4.17. The van der Waals surface area contributed by atoms with Crippen molar-refractivity contribution in [3.63, 3.8) is 0 Å². The van der Waals surface area contributed by atoms with Gasteiger partial charge in [-0.3, -0.25) is 9.59 Å². The van der Waals surface area contributed by atoms with Gasteiger partial charge >= 0.3 is 0 Å². The van der Waals surface area contributed by atoms with Crippen molar-refractivity contribution in [1.82, 2.24) is 0 Å². The number of hydrogen-bond acceptors (Lipinski definition) is 3. The lowest BCUT2D eigenvalue weighted by Gasteiger charge is -2.11. The summed E-state index contributed by atoms with van der Waals surface area (Å²) in [6, 6.07) is 7.38. The van der Waals surface area contributed by atoms with Crippen molar-refractivity contribution < 1.29 is 9.59 Å². The Bertz CT molecular complexity index is 749. The SMILES string of the molecule is Cc1cccc(C(=O)Nc2sc3c(c2C(N)=O)CCCC3)c1. The molecule has 1 heterocycles. The molecular weight excluding hydrogens is 296 g/mol. The van der Waals surface area contributed by atoms with Gasteiger partial charge in [0.15, 0.2) is 0 Å². The number of amides is 2. The number of benzene rings is 1. The Hall–Kier alpha value is -2.14. The molecule has 0 bridgehead atoms. The molecule has 0 aliphatic heterocycles. The van der Waals surface area contributed by atoms with Crippen molar-refractivity contribution in [2.24, 2.45) is 5.73 Å². The zero-order valence-electron chi connectivity index (χ0n) is 12.4. The van der Waals surface area contributed by atoms with Gasteiger partial charge < -0.3 is 11.1 Å². The fraction of sp³-hybridized carbons (Fsp3) is 0.294. The topological polar surface area (TPSA) is 72.2 Å². The van der Waals surface area contributed by atoms with Crippen LogP contribution in [0.4, 0.5) is 5.00 Å². The first-order valence-corrected chi connectivity index (χ1v) is 8.20. The van der Waals surface area contributed by atoms with E-state index in [1.165, 1.54) is 16.2 Å². The van der Waals surface area contributed by atoms with Crippen molar-refractivity contribution in [1.29, 1.82) is 0 Å². The van der Waals surface area contributed by atoms with Crippen LogP contribution in [-0.4, -0.2) is 11.8 Å². The highest BCUT2D eigenvalue weighted by Crippen LogP contribution is 2.38. The third-order valence-corrected chi connectivity index (χ3v) is 5.13. The van der Waals surface area contributed by atoms with Gasteiger partial charge in [-0.2, -0.15) is 0 Å². The predicted octanol–water partition coefficient (Wildman–Crippen LogP) is 3.29. The van der Waals surface area contributed by atoms with E-state index < -0.39 is 5.91 Å². The van der Waals surface area contributed by atoms with Crippen LogP contribution in [0.15, 0.2) is 24.3 Å². The first kappa shape index (κ1) is 14.8. The molecule has 0 atom stereocenters. The number of rotatable bonds is 3. The number of anilines is 1. The summed E-state index contributed by atoms with van der Waals surface area (Å²) in [5.41, 5.74) is 8.68. The van der Waals surface area contributed by atoms with Crippen molar-refractivity contribution in [2.45, 2.75) is 32.6 Å². The molecule has 0 spiro atoms. The molecule has 2 aromatic rings. The lowest BCUT2D eigenvalue weighted by Crippen LogP contribution is -2.18. The Labute approximate surface area is 133 Å². The van der Waals surface area contributed by atoms with Crippen molar-refractivity contribution in [2.75, 3.05) is 5.32 Å².